The summed E-state index contributed by atoms with van der Waals surface area (Å²) < 4.78 is 11.2. The van der Waals surface area contributed by atoms with E-state index < -0.39 is 0 Å². The van der Waals surface area contributed by atoms with Crippen LogP contribution in [0.25, 0.3) is 11.4 Å². The van der Waals surface area contributed by atoms with Crippen LogP contribution in [0.5, 0.6) is 5.75 Å². The molecule has 1 aliphatic heterocycles. The number of benzene rings is 2. The first-order chi connectivity index (χ1) is 14.7. The quantitative estimate of drug-likeness (QED) is 0.494. The van der Waals surface area contributed by atoms with Gasteiger partial charge in [-0.2, -0.15) is 4.98 Å². The van der Waals surface area contributed by atoms with Crippen molar-refractivity contribution in [3.05, 3.63) is 60.0 Å². The Hall–Kier alpha value is -3.15. The predicted molar refractivity (Wildman–Crippen MR) is 116 cm³/mol. The molecule has 2 aromatic carbocycles. The average molecular weight is 405 g/mol. The number of carbonyl (C=O) groups excluding carboxylic acids is 1. The summed E-state index contributed by atoms with van der Waals surface area (Å²) in [7, 11) is 0. The van der Waals surface area contributed by atoms with E-state index in [2.05, 4.69) is 36.1 Å². The van der Waals surface area contributed by atoms with Gasteiger partial charge in [-0.05, 0) is 54.8 Å². The van der Waals surface area contributed by atoms with Crippen molar-refractivity contribution in [3.63, 3.8) is 0 Å². The van der Waals surface area contributed by atoms with Crippen LogP contribution in [0.1, 0.15) is 50.5 Å². The van der Waals surface area contributed by atoms with Crippen LogP contribution >= 0.6 is 0 Å². The Labute approximate surface area is 176 Å². The molecule has 3 aromatic rings. The number of carbonyl (C=O) groups is 1. The molecule has 1 saturated heterocycles. The Morgan fingerprint density at radius 1 is 1.10 bits per heavy atom. The van der Waals surface area contributed by atoms with Gasteiger partial charge in [-0.3, -0.25) is 4.79 Å². The fraction of sp³-hybridized carbons (Fsp3) is 0.375. The highest BCUT2D eigenvalue weighted by Gasteiger charge is 2.35. The molecular weight excluding hydrogens is 378 g/mol. The fourth-order valence-electron chi connectivity index (χ4n) is 3.59. The van der Waals surface area contributed by atoms with Gasteiger partial charge in [0.25, 0.3) is 0 Å². The molecule has 156 valence electrons. The zero-order chi connectivity index (χ0) is 20.9. The maximum atomic E-state index is 12.6. The van der Waals surface area contributed by atoms with Crippen molar-refractivity contribution in [3.8, 4) is 17.1 Å². The molecule has 6 nitrogen and oxygen atoms in total. The number of anilines is 1. The van der Waals surface area contributed by atoms with Gasteiger partial charge in [0.05, 0.1) is 12.5 Å². The normalized spacial score (nSPS) is 16.3. The number of amides is 1. The molecule has 1 aromatic heterocycles. The molecule has 1 amide bonds. The van der Waals surface area contributed by atoms with E-state index >= 15 is 0 Å². The largest absolute Gasteiger partial charge is 0.494 e. The highest BCUT2D eigenvalue weighted by Crippen LogP contribution is 2.32. The number of hydrogen-bond donors (Lipinski definition) is 0. The van der Waals surface area contributed by atoms with Crippen molar-refractivity contribution < 1.29 is 14.1 Å². The van der Waals surface area contributed by atoms with Gasteiger partial charge in [-0.1, -0.05) is 37.6 Å². The Balaban J connectivity index is 1.43. The summed E-state index contributed by atoms with van der Waals surface area (Å²) in [6.07, 6.45) is 3.50. The van der Waals surface area contributed by atoms with E-state index in [1.54, 1.807) is 4.90 Å². The molecule has 0 N–H and O–H groups in total. The number of rotatable bonds is 8. The Morgan fingerprint density at radius 2 is 1.87 bits per heavy atom. The molecule has 4 rings (SSSR count). The first-order valence-electron chi connectivity index (χ1n) is 10.6. The van der Waals surface area contributed by atoms with Crippen LogP contribution in [-0.4, -0.2) is 29.2 Å². The van der Waals surface area contributed by atoms with Crippen LogP contribution in [0.15, 0.2) is 53.1 Å². The van der Waals surface area contributed by atoms with Crippen molar-refractivity contribution in [2.24, 2.45) is 0 Å². The monoisotopic (exact) mass is 405 g/mol. The Bertz CT molecular complexity index is 980. The number of aryl methyl sites for hydroxylation is 1. The van der Waals surface area contributed by atoms with Crippen molar-refractivity contribution in [1.82, 2.24) is 10.1 Å². The summed E-state index contributed by atoms with van der Waals surface area (Å²) in [5, 5.41) is 4.12. The van der Waals surface area contributed by atoms with Gasteiger partial charge in [0.2, 0.25) is 17.6 Å². The van der Waals surface area contributed by atoms with Crippen LogP contribution in [0.3, 0.4) is 0 Å². The second-order valence-corrected chi connectivity index (χ2v) is 7.61. The summed E-state index contributed by atoms with van der Waals surface area (Å²) in [6, 6.07) is 15.8. The van der Waals surface area contributed by atoms with Crippen LogP contribution < -0.4 is 9.64 Å². The molecule has 0 saturated carbocycles. The minimum atomic E-state index is -0.0961. The van der Waals surface area contributed by atoms with Crippen LogP contribution in [0.2, 0.25) is 0 Å². The van der Waals surface area contributed by atoms with Gasteiger partial charge in [0.1, 0.15) is 5.75 Å². The molecule has 0 bridgehead atoms. The lowest BCUT2D eigenvalue weighted by molar-refractivity contribution is -0.117. The minimum Gasteiger partial charge on any atom is -0.494 e. The fourth-order valence-corrected chi connectivity index (χ4v) is 3.59. The molecule has 1 unspecified atom stereocenters. The van der Waals surface area contributed by atoms with E-state index in [1.807, 2.05) is 36.4 Å². The van der Waals surface area contributed by atoms with E-state index in [1.165, 1.54) is 5.56 Å². The third-order valence-electron chi connectivity index (χ3n) is 5.45. The van der Waals surface area contributed by atoms with Crippen LogP contribution in [0, 0.1) is 0 Å². The average Bonchev–Trinajstić information content (AvgIpc) is 3.42. The second kappa shape index (κ2) is 9.11. The van der Waals surface area contributed by atoms with E-state index in [0.29, 0.717) is 24.7 Å². The topological polar surface area (TPSA) is 68.5 Å². The molecule has 0 aliphatic carbocycles. The zero-order valence-corrected chi connectivity index (χ0v) is 17.5. The third kappa shape index (κ3) is 4.37. The highest BCUT2D eigenvalue weighted by atomic mass is 16.5. The van der Waals surface area contributed by atoms with E-state index in [9.17, 15) is 4.79 Å². The van der Waals surface area contributed by atoms with E-state index in [0.717, 1.165) is 42.9 Å². The van der Waals surface area contributed by atoms with Crippen LogP contribution in [0.4, 0.5) is 5.69 Å². The number of hydrogen-bond acceptors (Lipinski definition) is 5. The summed E-state index contributed by atoms with van der Waals surface area (Å²) >= 11 is 0. The van der Waals surface area contributed by atoms with Gasteiger partial charge in [0, 0.05) is 24.2 Å². The van der Waals surface area contributed by atoms with Crippen LogP contribution in [-0.2, 0) is 11.2 Å². The molecule has 0 spiro atoms. The van der Waals surface area contributed by atoms with E-state index in [4.69, 9.17) is 9.26 Å². The molecule has 1 atom stereocenters. The number of ether oxygens (including phenoxy) is 1. The van der Waals surface area contributed by atoms with Gasteiger partial charge >= 0.3 is 0 Å². The maximum Gasteiger partial charge on any atom is 0.232 e. The standard InChI is InChI=1S/C24H27N3O3/c1-3-5-14-29-21-12-8-18(9-13-21)23-25-24(30-26-23)19-15-22(28)27(16-19)20-10-6-17(4-2)7-11-20/h6-13,19H,3-5,14-16H2,1-2H3. The van der Waals surface area contributed by atoms with Crippen molar-refractivity contribution in [2.75, 3.05) is 18.1 Å². The highest BCUT2D eigenvalue weighted by molar-refractivity contribution is 5.96. The summed E-state index contributed by atoms with van der Waals surface area (Å²) in [6.45, 7) is 5.53. The van der Waals surface area contributed by atoms with Gasteiger partial charge < -0.3 is 14.2 Å². The van der Waals surface area contributed by atoms with Gasteiger partial charge in [0.15, 0.2) is 0 Å². The molecule has 0 radical (unpaired) electrons. The lowest BCUT2D eigenvalue weighted by Crippen LogP contribution is -2.24. The van der Waals surface area contributed by atoms with Gasteiger partial charge in [-0.15, -0.1) is 0 Å². The lowest BCUT2D eigenvalue weighted by Gasteiger charge is -2.16. The molecule has 6 heteroatoms. The predicted octanol–water partition coefficient (Wildman–Crippen LogP) is 5.00. The number of unbranched alkanes of at least 4 members (excludes halogenated alkanes) is 1. The van der Waals surface area contributed by atoms with Gasteiger partial charge in [-0.25, -0.2) is 0 Å². The maximum absolute atomic E-state index is 12.6. The Morgan fingerprint density at radius 3 is 2.57 bits per heavy atom. The third-order valence-corrected chi connectivity index (χ3v) is 5.45. The van der Waals surface area contributed by atoms with Crippen molar-refractivity contribution >= 4 is 11.6 Å². The zero-order valence-electron chi connectivity index (χ0n) is 17.5. The molecule has 2 heterocycles. The number of nitrogens with zero attached hydrogens (tertiary/aromatic N) is 3. The summed E-state index contributed by atoms with van der Waals surface area (Å²) in [5.74, 6) is 1.86. The molecule has 30 heavy (non-hydrogen) atoms. The first-order valence-corrected chi connectivity index (χ1v) is 10.6. The summed E-state index contributed by atoms with van der Waals surface area (Å²) in [4.78, 5) is 18.9. The lowest BCUT2D eigenvalue weighted by atomic mass is 10.1. The van der Waals surface area contributed by atoms with Crippen molar-refractivity contribution in [2.45, 2.75) is 45.4 Å². The first kappa shape index (κ1) is 20.1. The molecule has 1 aliphatic rings. The Kier molecular flexibility index (Phi) is 6.12. The molecular formula is C24H27N3O3. The summed E-state index contributed by atoms with van der Waals surface area (Å²) in [5.41, 5.74) is 3.03. The van der Waals surface area contributed by atoms with Crippen molar-refractivity contribution in [1.29, 1.82) is 0 Å². The number of aromatic nitrogens is 2. The molecule has 1 fully saturated rings. The SMILES string of the molecule is CCCCOc1ccc(-c2noc(C3CC(=O)N(c4ccc(CC)cc4)C3)n2)cc1. The van der Waals surface area contributed by atoms with E-state index in [-0.39, 0.29) is 11.8 Å². The minimum absolute atomic E-state index is 0.0811. The smallest absolute Gasteiger partial charge is 0.232 e. The second-order valence-electron chi connectivity index (χ2n) is 7.61.